The van der Waals surface area contributed by atoms with Crippen molar-refractivity contribution >= 4 is 17.4 Å². The molecule has 1 aliphatic rings. The van der Waals surface area contributed by atoms with Gasteiger partial charge in [0.05, 0.1) is 6.54 Å². The molecule has 2 aromatic carbocycles. The third-order valence-electron chi connectivity index (χ3n) is 5.09. The number of hydrogen-bond acceptors (Lipinski definition) is 3. The number of hydrogen-bond donors (Lipinski definition) is 1. The molecule has 1 heterocycles. The Bertz CT molecular complexity index is 723. The standard InChI is InChI=1S/C22H27ClN2O/c1-17-9-11-18(12-10-17)22(26)16-24-15-21(25-13-5-2-6-14-25)19-7-3-4-8-20(19)23/h3-4,7-12,21,24H,2,5-6,13-16H2,1H3. The maximum absolute atomic E-state index is 12.4. The molecule has 1 N–H and O–H groups in total. The van der Waals surface area contributed by atoms with Gasteiger partial charge in [0.25, 0.3) is 0 Å². The van der Waals surface area contributed by atoms with Crippen LogP contribution in [-0.4, -0.2) is 36.9 Å². The van der Waals surface area contributed by atoms with Crippen LogP contribution >= 0.6 is 11.6 Å². The van der Waals surface area contributed by atoms with Gasteiger partial charge in [-0.3, -0.25) is 9.69 Å². The smallest absolute Gasteiger partial charge is 0.176 e. The Morgan fingerprint density at radius 1 is 1.08 bits per heavy atom. The van der Waals surface area contributed by atoms with Gasteiger partial charge in [0, 0.05) is 23.2 Å². The third kappa shape index (κ3) is 4.94. The predicted molar refractivity (Wildman–Crippen MR) is 108 cm³/mol. The monoisotopic (exact) mass is 370 g/mol. The van der Waals surface area contributed by atoms with Crippen molar-refractivity contribution in [2.24, 2.45) is 0 Å². The molecule has 1 saturated heterocycles. The second-order valence-electron chi connectivity index (χ2n) is 7.05. The van der Waals surface area contributed by atoms with Crippen LogP contribution in [0.3, 0.4) is 0 Å². The molecule has 26 heavy (non-hydrogen) atoms. The number of benzene rings is 2. The van der Waals surface area contributed by atoms with Gasteiger partial charge in [-0.05, 0) is 44.5 Å². The van der Waals surface area contributed by atoms with Crippen LogP contribution in [0.4, 0.5) is 0 Å². The van der Waals surface area contributed by atoms with E-state index < -0.39 is 0 Å². The minimum atomic E-state index is 0.126. The van der Waals surface area contributed by atoms with Gasteiger partial charge in [-0.15, -0.1) is 0 Å². The minimum Gasteiger partial charge on any atom is -0.308 e. The van der Waals surface area contributed by atoms with Gasteiger partial charge >= 0.3 is 0 Å². The zero-order chi connectivity index (χ0) is 18.4. The van der Waals surface area contributed by atoms with Crippen LogP contribution in [0, 0.1) is 6.92 Å². The summed E-state index contributed by atoms with van der Waals surface area (Å²) in [6, 6.07) is 16.0. The van der Waals surface area contributed by atoms with E-state index in [1.54, 1.807) is 0 Å². The van der Waals surface area contributed by atoms with Crippen LogP contribution in [0.15, 0.2) is 48.5 Å². The molecular weight excluding hydrogens is 344 g/mol. The Morgan fingerprint density at radius 2 is 1.77 bits per heavy atom. The zero-order valence-corrected chi connectivity index (χ0v) is 16.1. The number of rotatable bonds is 7. The number of halogens is 1. The van der Waals surface area contributed by atoms with E-state index in [0.717, 1.165) is 35.8 Å². The molecule has 1 aliphatic heterocycles. The normalized spacial score (nSPS) is 16.4. The van der Waals surface area contributed by atoms with E-state index in [1.807, 2.05) is 49.4 Å². The van der Waals surface area contributed by atoms with Crippen molar-refractivity contribution < 1.29 is 4.79 Å². The van der Waals surface area contributed by atoms with Crippen molar-refractivity contribution in [3.63, 3.8) is 0 Å². The lowest BCUT2D eigenvalue weighted by molar-refractivity contribution is 0.0984. The highest BCUT2D eigenvalue weighted by Crippen LogP contribution is 2.29. The number of nitrogens with zero attached hydrogens (tertiary/aromatic N) is 1. The van der Waals surface area contributed by atoms with Crippen molar-refractivity contribution in [2.45, 2.75) is 32.2 Å². The number of Topliss-reactive ketones (excluding diaryl/α,β-unsaturated/α-hetero) is 1. The first-order valence-corrected chi connectivity index (χ1v) is 9.82. The van der Waals surface area contributed by atoms with Gasteiger partial charge in [0.1, 0.15) is 0 Å². The SMILES string of the molecule is Cc1ccc(C(=O)CNCC(c2ccccc2Cl)N2CCCCC2)cc1. The average Bonchev–Trinajstić information content (AvgIpc) is 2.67. The lowest BCUT2D eigenvalue weighted by Crippen LogP contribution is -2.40. The molecule has 0 aliphatic carbocycles. The summed E-state index contributed by atoms with van der Waals surface area (Å²) in [4.78, 5) is 14.9. The summed E-state index contributed by atoms with van der Waals surface area (Å²) in [5.74, 6) is 0.126. The molecule has 1 fully saturated rings. The van der Waals surface area contributed by atoms with Crippen molar-refractivity contribution in [1.29, 1.82) is 0 Å². The largest absolute Gasteiger partial charge is 0.308 e. The minimum absolute atomic E-state index is 0.126. The second kappa shape index (κ2) is 9.31. The van der Waals surface area contributed by atoms with E-state index in [9.17, 15) is 4.79 Å². The summed E-state index contributed by atoms with van der Waals surface area (Å²) in [5.41, 5.74) is 3.07. The number of nitrogens with one attached hydrogen (secondary N) is 1. The molecule has 4 heteroatoms. The molecule has 1 unspecified atom stereocenters. The van der Waals surface area contributed by atoms with Gasteiger partial charge in [-0.25, -0.2) is 0 Å². The lowest BCUT2D eigenvalue weighted by Gasteiger charge is -2.35. The molecular formula is C22H27ClN2O. The summed E-state index contributed by atoms with van der Waals surface area (Å²) in [5, 5.41) is 4.17. The number of likely N-dealkylation sites (tertiary alicyclic amines) is 1. The summed E-state index contributed by atoms with van der Waals surface area (Å²) in [6.07, 6.45) is 3.75. The topological polar surface area (TPSA) is 32.3 Å². The van der Waals surface area contributed by atoms with Gasteiger partial charge in [-0.2, -0.15) is 0 Å². The Kier molecular flexibility index (Phi) is 6.84. The number of piperidine rings is 1. The van der Waals surface area contributed by atoms with Crippen LogP contribution in [0.25, 0.3) is 0 Å². The number of carbonyl (C=O) groups is 1. The van der Waals surface area contributed by atoms with Crippen LogP contribution in [0.1, 0.15) is 46.8 Å². The van der Waals surface area contributed by atoms with Crippen LogP contribution in [0.2, 0.25) is 5.02 Å². The second-order valence-corrected chi connectivity index (χ2v) is 7.46. The molecule has 0 spiro atoms. The maximum Gasteiger partial charge on any atom is 0.176 e. The first-order valence-electron chi connectivity index (χ1n) is 9.44. The first-order chi connectivity index (χ1) is 12.6. The lowest BCUT2D eigenvalue weighted by atomic mass is 10.0. The summed E-state index contributed by atoms with van der Waals surface area (Å²) in [7, 11) is 0. The van der Waals surface area contributed by atoms with E-state index in [-0.39, 0.29) is 11.8 Å². The molecule has 0 radical (unpaired) electrons. The Morgan fingerprint density at radius 3 is 2.46 bits per heavy atom. The molecule has 3 nitrogen and oxygen atoms in total. The highest BCUT2D eigenvalue weighted by Gasteiger charge is 2.24. The van der Waals surface area contributed by atoms with Crippen molar-refractivity contribution in [1.82, 2.24) is 10.2 Å². The predicted octanol–water partition coefficient (Wildman–Crippen LogP) is 4.65. The number of ketones is 1. The van der Waals surface area contributed by atoms with Gasteiger partial charge < -0.3 is 5.32 Å². The Labute approximate surface area is 161 Å². The fourth-order valence-electron chi connectivity index (χ4n) is 3.58. The molecule has 138 valence electrons. The first kappa shape index (κ1) is 19.1. The Balaban J connectivity index is 1.65. The molecule has 1 atom stereocenters. The number of carbonyl (C=O) groups excluding carboxylic acids is 1. The third-order valence-corrected chi connectivity index (χ3v) is 5.44. The van der Waals surface area contributed by atoms with Crippen molar-refractivity contribution in [3.05, 3.63) is 70.2 Å². The summed E-state index contributed by atoms with van der Waals surface area (Å²) >= 11 is 6.47. The van der Waals surface area contributed by atoms with E-state index in [1.165, 1.54) is 24.8 Å². The van der Waals surface area contributed by atoms with Crippen LogP contribution in [-0.2, 0) is 0 Å². The highest BCUT2D eigenvalue weighted by molar-refractivity contribution is 6.31. The van der Waals surface area contributed by atoms with Gasteiger partial charge in [-0.1, -0.05) is 66.0 Å². The Hall–Kier alpha value is -1.68. The number of aryl methyl sites for hydroxylation is 1. The molecule has 2 aromatic rings. The fraction of sp³-hybridized carbons (Fsp3) is 0.409. The van der Waals surface area contributed by atoms with Crippen LogP contribution in [0.5, 0.6) is 0 Å². The van der Waals surface area contributed by atoms with Gasteiger partial charge in [0.15, 0.2) is 5.78 Å². The van der Waals surface area contributed by atoms with E-state index in [0.29, 0.717) is 6.54 Å². The summed E-state index contributed by atoms with van der Waals surface area (Å²) < 4.78 is 0. The van der Waals surface area contributed by atoms with E-state index in [4.69, 9.17) is 11.6 Å². The van der Waals surface area contributed by atoms with E-state index in [2.05, 4.69) is 16.3 Å². The molecule has 0 aromatic heterocycles. The van der Waals surface area contributed by atoms with Crippen molar-refractivity contribution in [3.8, 4) is 0 Å². The quantitative estimate of drug-likeness (QED) is 0.720. The van der Waals surface area contributed by atoms with Crippen LogP contribution < -0.4 is 5.32 Å². The van der Waals surface area contributed by atoms with Crippen molar-refractivity contribution in [2.75, 3.05) is 26.2 Å². The zero-order valence-electron chi connectivity index (χ0n) is 15.4. The average molecular weight is 371 g/mol. The molecule has 0 saturated carbocycles. The summed E-state index contributed by atoms with van der Waals surface area (Å²) in [6.45, 7) is 5.27. The van der Waals surface area contributed by atoms with E-state index >= 15 is 0 Å². The highest BCUT2D eigenvalue weighted by atomic mass is 35.5. The van der Waals surface area contributed by atoms with Gasteiger partial charge in [0.2, 0.25) is 0 Å². The molecule has 3 rings (SSSR count). The molecule has 0 amide bonds. The fourth-order valence-corrected chi connectivity index (χ4v) is 3.84. The molecule has 0 bridgehead atoms. The maximum atomic E-state index is 12.4.